The van der Waals surface area contributed by atoms with E-state index in [1.165, 1.54) is 116 Å². The van der Waals surface area contributed by atoms with Gasteiger partial charge in [0.05, 0.1) is 6.10 Å². The van der Waals surface area contributed by atoms with Gasteiger partial charge in [0.15, 0.2) is 0 Å². The maximum absolute atomic E-state index is 6.21. The summed E-state index contributed by atoms with van der Waals surface area (Å²) in [5.74, 6) is 0. The van der Waals surface area contributed by atoms with Gasteiger partial charge in [0.1, 0.15) is 0 Å². The first kappa shape index (κ1) is 24.0. The lowest BCUT2D eigenvalue weighted by Crippen LogP contribution is -2.14. The van der Waals surface area contributed by atoms with Crippen LogP contribution in [0, 0.1) is 0 Å². The second-order valence-corrected chi connectivity index (χ2v) is 7.67. The quantitative estimate of drug-likeness (QED) is 0.202. The van der Waals surface area contributed by atoms with Crippen molar-refractivity contribution in [2.24, 2.45) is 0 Å². The highest BCUT2D eigenvalue weighted by Crippen LogP contribution is 2.17. The van der Waals surface area contributed by atoms with Crippen molar-refractivity contribution in [1.82, 2.24) is 0 Å². The molecule has 0 aromatic carbocycles. The third-order valence-corrected chi connectivity index (χ3v) is 5.11. The molecule has 1 heteroatoms. The molecule has 1 atom stereocenters. The van der Waals surface area contributed by atoms with Gasteiger partial charge in [0.2, 0.25) is 0 Å². The fourth-order valence-electron chi connectivity index (χ4n) is 3.39. The number of ether oxygens (including phenoxy) is 1. The first-order chi connectivity index (χ1) is 11.8. The minimum Gasteiger partial charge on any atom is -0.378 e. The predicted molar refractivity (Wildman–Crippen MR) is 110 cm³/mol. The van der Waals surface area contributed by atoms with E-state index in [0.717, 1.165) is 6.61 Å². The van der Waals surface area contributed by atoms with E-state index in [0.29, 0.717) is 6.10 Å². The lowest BCUT2D eigenvalue weighted by Gasteiger charge is -2.18. The number of unbranched alkanes of at least 4 members (excludes halogenated alkanes) is 13. The van der Waals surface area contributed by atoms with E-state index in [1.807, 2.05) is 0 Å². The lowest BCUT2D eigenvalue weighted by molar-refractivity contribution is 0.0358. The number of rotatable bonds is 20. The Morgan fingerprint density at radius 1 is 0.458 bits per heavy atom. The van der Waals surface area contributed by atoms with Crippen LogP contribution in [-0.2, 0) is 4.74 Å². The molecule has 0 aliphatic rings. The summed E-state index contributed by atoms with van der Waals surface area (Å²) in [6.45, 7) is 7.86. The largest absolute Gasteiger partial charge is 0.378 e. The molecule has 0 bridgehead atoms. The number of hydrogen-bond donors (Lipinski definition) is 0. The van der Waals surface area contributed by atoms with Crippen molar-refractivity contribution < 1.29 is 4.74 Å². The molecule has 0 fully saturated rings. The molecule has 0 aromatic rings. The Balaban J connectivity index is 3.59. The standard InChI is InChI=1S/C23H48O/c1-4-7-10-12-13-14-15-16-18-21-23(20-17-9-6-3)24-22-19-11-8-5-2/h23H,4-22H2,1-3H3. The molecule has 1 nitrogen and oxygen atoms in total. The topological polar surface area (TPSA) is 9.23 Å². The van der Waals surface area contributed by atoms with Gasteiger partial charge >= 0.3 is 0 Å². The van der Waals surface area contributed by atoms with E-state index >= 15 is 0 Å². The van der Waals surface area contributed by atoms with Crippen LogP contribution in [0.4, 0.5) is 0 Å². The number of hydrogen-bond acceptors (Lipinski definition) is 1. The van der Waals surface area contributed by atoms with Crippen LogP contribution < -0.4 is 0 Å². The molecule has 0 aliphatic carbocycles. The molecule has 0 aliphatic heterocycles. The molecule has 0 spiro atoms. The predicted octanol–water partition coefficient (Wildman–Crippen LogP) is 8.45. The van der Waals surface area contributed by atoms with E-state index in [9.17, 15) is 0 Å². The Kier molecular flexibility index (Phi) is 21.0. The van der Waals surface area contributed by atoms with Crippen LogP contribution in [0.25, 0.3) is 0 Å². The molecular formula is C23H48O. The van der Waals surface area contributed by atoms with Crippen molar-refractivity contribution in [3.8, 4) is 0 Å². The molecule has 0 rings (SSSR count). The molecular weight excluding hydrogens is 292 g/mol. The normalized spacial score (nSPS) is 12.6. The van der Waals surface area contributed by atoms with Gasteiger partial charge in [-0.15, -0.1) is 0 Å². The van der Waals surface area contributed by atoms with Crippen molar-refractivity contribution in [3.63, 3.8) is 0 Å². The van der Waals surface area contributed by atoms with Gasteiger partial charge in [-0.3, -0.25) is 0 Å². The van der Waals surface area contributed by atoms with Crippen LogP contribution >= 0.6 is 0 Å². The van der Waals surface area contributed by atoms with Gasteiger partial charge in [-0.25, -0.2) is 0 Å². The zero-order valence-electron chi connectivity index (χ0n) is 17.4. The molecule has 0 radical (unpaired) electrons. The monoisotopic (exact) mass is 340 g/mol. The third-order valence-electron chi connectivity index (χ3n) is 5.11. The molecule has 0 heterocycles. The molecule has 0 amide bonds. The average molecular weight is 341 g/mol. The molecule has 0 saturated carbocycles. The highest BCUT2D eigenvalue weighted by molar-refractivity contribution is 4.60. The highest BCUT2D eigenvalue weighted by Gasteiger charge is 2.08. The maximum Gasteiger partial charge on any atom is 0.0575 e. The average Bonchev–Trinajstić information content (AvgIpc) is 2.59. The van der Waals surface area contributed by atoms with E-state index in [1.54, 1.807) is 0 Å². The Hall–Kier alpha value is -0.0400. The zero-order chi connectivity index (χ0) is 17.7. The van der Waals surface area contributed by atoms with E-state index in [2.05, 4.69) is 20.8 Å². The first-order valence-electron chi connectivity index (χ1n) is 11.5. The summed E-state index contributed by atoms with van der Waals surface area (Å²) in [6.07, 6.45) is 25.3. The SMILES string of the molecule is CCCCCCCCCCCC(CCCCC)OCCCCCC. The Morgan fingerprint density at radius 2 is 0.833 bits per heavy atom. The third kappa shape index (κ3) is 18.3. The summed E-state index contributed by atoms with van der Waals surface area (Å²) in [5.41, 5.74) is 0. The maximum atomic E-state index is 6.21. The van der Waals surface area contributed by atoms with Gasteiger partial charge < -0.3 is 4.74 Å². The van der Waals surface area contributed by atoms with Crippen LogP contribution in [0.5, 0.6) is 0 Å². The molecule has 1 unspecified atom stereocenters. The van der Waals surface area contributed by atoms with Gasteiger partial charge in [-0.05, 0) is 19.3 Å². The summed E-state index contributed by atoms with van der Waals surface area (Å²) in [5, 5.41) is 0. The minimum atomic E-state index is 0.544. The zero-order valence-corrected chi connectivity index (χ0v) is 17.4. The van der Waals surface area contributed by atoms with Crippen molar-refractivity contribution in [2.75, 3.05) is 6.61 Å². The molecule has 0 aromatic heterocycles. The van der Waals surface area contributed by atoms with Gasteiger partial charge in [0, 0.05) is 6.61 Å². The highest BCUT2D eigenvalue weighted by atomic mass is 16.5. The summed E-state index contributed by atoms with van der Waals surface area (Å²) in [7, 11) is 0. The van der Waals surface area contributed by atoms with Crippen molar-refractivity contribution in [3.05, 3.63) is 0 Å². The van der Waals surface area contributed by atoms with Crippen LogP contribution in [0.1, 0.15) is 136 Å². The first-order valence-corrected chi connectivity index (χ1v) is 11.5. The van der Waals surface area contributed by atoms with Crippen LogP contribution in [0.2, 0.25) is 0 Å². The molecule has 0 N–H and O–H groups in total. The van der Waals surface area contributed by atoms with E-state index < -0.39 is 0 Å². The van der Waals surface area contributed by atoms with E-state index in [4.69, 9.17) is 4.74 Å². The second kappa shape index (κ2) is 21.0. The smallest absolute Gasteiger partial charge is 0.0575 e. The molecule has 24 heavy (non-hydrogen) atoms. The fourth-order valence-corrected chi connectivity index (χ4v) is 3.39. The fraction of sp³-hybridized carbons (Fsp3) is 1.00. The van der Waals surface area contributed by atoms with Gasteiger partial charge in [-0.2, -0.15) is 0 Å². The van der Waals surface area contributed by atoms with Crippen LogP contribution in [0.15, 0.2) is 0 Å². The van der Waals surface area contributed by atoms with Gasteiger partial charge in [-0.1, -0.05) is 117 Å². The van der Waals surface area contributed by atoms with E-state index in [-0.39, 0.29) is 0 Å². The van der Waals surface area contributed by atoms with Crippen LogP contribution in [0.3, 0.4) is 0 Å². The summed E-state index contributed by atoms with van der Waals surface area (Å²) in [6, 6.07) is 0. The second-order valence-electron chi connectivity index (χ2n) is 7.67. The molecule has 0 saturated heterocycles. The Labute approximate surface area is 154 Å². The Morgan fingerprint density at radius 3 is 1.38 bits per heavy atom. The minimum absolute atomic E-state index is 0.544. The summed E-state index contributed by atoms with van der Waals surface area (Å²) in [4.78, 5) is 0. The Bertz CT molecular complexity index is 214. The summed E-state index contributed by atoms with van der Waals surface area (Å²) >= 11 is 0. The molecule has 146 valence electrons. The van der Waals surface area contributed by atoms with Crippen molar-refractivity contribution in [2.45, 2.75) is 142 Å². The van der Waals surface area contributed by atoms with Crippen LogP contribution in [-0.4, -0.2) is 12.7 Å². The van der Waals surface area contributed by atoms with Crippen molar-refractivity contribution in [1.29, 1.82) is 0 Å². The lowest BCUT2D eigenvalue weighted by atomic mass is 10.0. The van der Waals surface area contributed by atoms with Crippen molar-refractivity contribution >= 4 is 0 Å². The van der Waals surface area contributed by atoms with Gasteiger partial charge in [0.25, 0.3) is 0 Å². The summed E-state index contributed by atoms with van der Waals surface area (Å²) < 4.78 is 6.21.